The smallest absolute Gasteiger partial charge is 0.165 e. The Morgan fingerprint density at radius 3 is 2.62 bits per heavy atom. The number of benzene rings is 1. The van der Waals surface area contributed by atoms with Crippen LogP contribution in [0.25, 0.3) is 11.4 Å². The van der Waals surface area contributed by atoms with Crippen LogP contribution in [0.3, 0.4) is 0 Å². The Balaban J connectivity index is 1.40. The largest absolute Gasteiger partial charge is 0.507 e. The number of rotatable bonds is 3. The number of fused-ring (bicyclic) bond motifs is 1. The van der Waals surface area contributed by atoms with Crippen molar-refractivity contribution >= 4 is 5.82 Å². The number of aromatic nitrogens is 4. The quantitative estimate of drug-likeness (QED) is 0.714. The molecule has 1 saturated heterocycles. The normalized spacial score (nSPS) is 26.5. The topological polar surface area (TPSA) is 87.3 Å². The fraction of sp³-hybridized carbons (Fsp3) is 0.409. The SMILES string of the molecule is Cc1cc(N2C[C@H]3C[C@@H](n4ccnc4)[C@H](O)C[C@H]3C2)nc(-c2ccccc2O)n1. The first kappa shape index (κ1) is 18.1. The summed E-state index contributed by atoms with van der Waals surface area (Å²) in [5, 5.41) is 20.9. The highest BCUT2D eigenvalue weighted by atomic mass is 16.3. The molecule has 0 amide bonds. The molecule has 1 aliphatic heterocycles. The fourth-order valence-corrected chi connectivity index (χ4v) is 4.88. The van der Waals surface area contributed by atoms with E-state index in [4.69, 9.17) is 4.98 Å². The summed E-state index contributed by atoms with van der Waals surface area (Å²) in [7, 11) is 0. The molecule has 0 spiro atoms. The van der Waals surface area contributed by atoms with Crippen LogP contribution in [0.1, 0.15) is 24.6 Å². The maximum atomic E-state index is 10.7. The summed E-state index contributed by atoms with van der Waals surface area (Å²) in [6, 6.07) is 9.25. The third kappa shape index (κ3) is 3.35. The van der Waals surface area contributed by atoms with E-state index in [1.165, 1.54) is 0 Å². The van der Waals surface area contributed by atoms with Gasteiger partial charge in [-0.3, -0.25) is 0 Å². The number of anilines is 1. The molecule has 5 rings (SSSR count). The number of aromatic hydroxyl groups is 1. The van der Waals surface area contributed by atoms with Gasteiger partial charge < -0.3 is 19.7 Å². The average Bonchev–Trinajstić information content (AvgIpc) is 3.36. The number of hydrogen-bond donors (Lipinski definition) is 2. The Morgan fingerprint density at radius 2 is 1.86 bits per heavy atom. The maximum absolute atomic E-state index is 10.7. The molecule has 4 atom stereocenters. The van der Waals surface area contributed by atoms with Crippen molar-refractivity contribution in [2.75, 3.05) is 18.0 Å². The van der Waals surface area contributed by atoms with Gasteiger partial charge in [0.15, 0.2) is 5.82 Å². The first-order valence-corrected chi connectivity index (χ1v) is 10.1. The standard InChI is InChI=1S/C22H25N5O2/c1-14-8-21(25-22(24-14)17-4-2-3-5-19(17)28)27-11-15-9-18(26-7-6-23-13-26)20(29)10-16(15)12-27/h2-8,13,15-16,18,20,28-29H,9-12H2,1H3/t15-,16+,18-,20-/m1/s1. The van der Waals surface area contributed by atoms with E-state index in [2.05, 4.69) is 14.9 Å². The van der Waals surface area contributed by atoms with Crippen LogP contribution in [0, 0.1) is 18.8 Å². The van der Waals surface area contributed by atoms with Gasteiger partial charge in [0.1, 0.15) is 11.6 Å². The number of nitrogens with zero attached hydrogens (tertiary/aromatic N) is 5. The molecule has 0 unspecified atom stereocenters. The predicted octanol–water partition coefficient (Wildman–Crippen LogP) is 2.80. The number of hydrogen-bond acceptors (Lipinski definition) is 6. The summed E-state index contributed by atoms with van der Waals surface area (Å²) in [6.07, 6.45) is 6.88. The maximum Gasteiger partial charge on any atom is 0.165 e. The molecule has 29 heavy (non-hydrogen) atoms. The van der Waals surface area contributed by atoms with E-state index in [9.17, 15) is 10.2 Å². The van der Waals surface area contributed by atoms with Crippen molar-refractivity contribution in [3.05, 3.63) is 54.7 Å². The third-order valence-corrected chi connectivity index (χ3v) is 6.33. The van der Waals surface area contributed by atoms with Gasteiger partial charge in [-0.25, -0.2) is 15.0 Å². The molecule has 2 aliphatic rings. The minimum absolute atomic E-state index is 0.0858. The second-order valence-electron chi connectivity index (χ2n) is 8.25. The van der Waals surface area contributed by atoms with Gasteiger partial charge in [0.25, 0.3) is 0 Å². The van der Waals surface area contributed by atoms with Crippen molar-refractivity contribution < 1.29 is 10.2 Å². The molecule has 0 radical (unpaired) electrons. The fourth-order valence-electron chi connectivity index (χ4n) is 4.88. The van der Waals surface area contributed by atoms with Crippen molar-refractivity contribution in [2.45, 2.75) is 31.9 Å². The Bertz CT molecular complexity index is 1010. The number of imidazole rings is 1. The van der Waals surface area contributed by atoms with Gasteiger partial charge in [-0.1, -0.05) is 12.1 Å². The number of para-hydroxylation sites is 1. The van der Waals surface area contributed by atoms with Crippen LogP contribution in [0.15, 0.2) is 49.1 Å². The summed E-state index contributed by atoms with van der Waals surface area (Å²) in [4.78, 5) is 15.7. The van der Waals surface area contributed by atoms with Crippen LogP contribution in [0.4, 0.5) is 5.82 Å². The van der Waals surface area contributed by atoms with E-state index in [0.29, 0.717) is 23.2 Å². The zero-order valence-corrected chi connectivity index (χ0v) is 16.4. The summed E-state index contributed by atoms with van der Waals surface area (Å²) in [5.41, 5.74) is 1.52. The van der Waals surface area contributed by atoms with E-state index in [1.807, 2.05) is 35.9 Å². The number of aryl methyl sites for hydroxylation is 1. The third-order valence-electron chi connectivity index (χ3n) is 6.33. The van der Waals surface area contributed by atoms with Crippen molar-refractivity contribution in [3.63, 3.8) is 0 Å². The first-order valence-electron chi connectivity index (χ1n) is 10.1. The molecule has 2 aromatic heterocycles. The minimum Gasteiger partial charge on any atom is -0.507 e. The lowest BCUT2D eigenvalue weighted by Gasteiger charge is -2.35. The zero-order valence-electron chi connectivity index (χ0n) is 16.4. The van der Waals surface area contributed by atoms with Crippen LogP contribution in [-0.4, -0.2) is 48.9 Å². The lowest BCUT2D eigenvalue weighted by molar-refractivity contribution is 0.0358. The van der Waals surface area contributed by atoms with Gasteiger partial charge in [0.05, 0.1) is 24.0 Å². The van der Waals surface area contributed by atoms with Crippen LogP contribution in [0.2, 0.25) is 0 Å². The van der Waals surface area contributed by atoms with Crippen LogP contribution < -0.4 is 4.90 Å². The summed E-state index contributed by atoms with van der Waals surface area (Å²) in [5.74, 6) is 2.58. The molecule has 7 heteroatoms. The number of phenolic OH excluding ortho intramolecular Hbond substituents is 1. The molecular formula is C22H25N5O2. The monoisotopic (exact) mass is 391 g/mol. The van der Waals surface area contributed by atoms with Gasteiger partial charge in [-0.2, -0.15) is 0 Å². The van der Waals surface area contributed by atoms with E-state index in [-0.39, 0.29) is 17.9 Å². The summed E-state index contributed by atoms with van der Waals surface area (Å²) in [6.45, 7) is 3.75. The molecule has 0 bridgehead atoms. The molecule has 2 N–H and O–H groups in total. The molecule has 1 saturated carbocycles. The Kier molecular flexibility index (Phi) is 4.47. The number of phenols is 1. The highest BCUT2D eigenvalue weighted by Gasteiger charge is 2.42. The number of aliphatic hydroxyl groups is 1. The Hall–Kier alpha value is -2.93. The molecule has 1 aliphatic carbocycles. The lowest BCUT2D eigenvalue weighted by Crippen LogP contribution is -2.35. The molecule has 1 aromatic carbocycles. The van der Waals surface area contributed by atoms with Gasteiger partial charge in [-0.05, 0) is 43.7 Å². The highest BCUT2D eigenvalue weighted by Crippen LogP contribution is 2.42. The van der Waals surface area contributed by atoms with E-state index in [1.54, 1.807) is 24.7 Å². The molecule has 7 nitrogen and oxygen atoms in total. The van der Waals surface area contributed by atoms with Crippen molar-refractivity contribution in [1.82, 2.24) is 19.5 Å². The highest BCUT2D eigenvalue weighted by molar-refractivity contribution is 5.65. The second kappa shape index (κ2) is 7.15. The Morgan fingerprint density at radius 1 is 1.07 bits per heavy atom. The van der Waals surface area contributed by atoms with Crippen molar-refractivity contribution in [2.24, 2.45) is 11.8 Å². The molecular weight excluding hydrogens is 366 g/mol. The summed E-state index contributed by atoms with van der Waals surface area (Å²) >= 11 is 0. The van der Waals surface area contributed by atoms with E-state index in [0.717, 1.165) is 37.4 Å². The second-order valence-corrected chi connectivity index (χ2v) is 8.25. The molecule has 3 aromatic rings. The lowest BCUT2D eigenvalue weighted by atomic mass is 9.77. The van der Waals surface area contributed by atoms with Gasteiger partial charge in [0.2, 0.25) is 0 Å². The average molecular weight is 391 g/mol. The van der Waals surface area contributed by atoms with E-state index < -0.39 is 0 Å². The van der Waals surface area contributed by atoms with Gasteiger partial charge in [0, 0.05) is 37.2 Å². The van der Waals surface area contributed by atoms with Crippen molar-refractivity contribution in [3.8, 4) is 17.1 Å². The summed E-state index contributed by atoms with van der Waals surface area (Å²) < 4.78 is 2.04. The Labute approximate surface area is 169 Å². The van der Waals surface area contributed by atoms with Crippen molar-refractivity contribution in [1.29, 1.82) is 0 Å². The first-order chi connectivity index (χ1) is 14.1. The van der Waals surface area contributed by atoms with Crippen LogP contribution in [-0.2, 0) is 0 Å². The van der Waals surface area contributed by atoms with Crippen LogP contribution in [0.5, 0.6) is 5.75 Å². The van der Waals surface area contributed by atoms with E-state index >= 15 is 0 Å². The van der Waals surface area contributed by atoms with Gasteiger partial charge in [-0.15, -0.1) is 0 Å². The van der Waals surface area contributed by atoms with Crippen LogP contribution >= 0.6 is 0 Å². The zero-order chi connectivity index (χ0) is 20.0. The molecule has 3 heterocycles. The predicted molar refractivity (Wildman–Crippen MR) is 110 cm³/mol. The molecule has 150 valence electrons. The molecule has 2 fully saturated rings. The van der Waals surface area contributed by atoms with Gasteiger partial charge >= 0.3 is 0 Å². The minimum atomic E-state index is -0.352. The number of aliphatic hydroxyl groups excluding tert-OH is 1.